The highest BCUT2D eigenvalue weighted by Crippen LogP contribution is 2.31. The van der Waals surface area contributed by atoms with Crippen LogP contribution in [0.1, 0.15) is 60.6 Å². The minimum atomic E-state index is -0.520. The van der Waals surface area contributed by atoms with Crippen molar-refractivity contribution in [3.63, 3.8) is 0 Å². The van der Waals surface area contributed by atoms with E-state index >= 15 is 0 Å². The molecule has 2 amide bonds. The van der Waals surface area contributed by atoms with Gasteiger partial charge in [-0.1, -0.05) is 24.6 Å². The minimum Gasteiger partial charge on any atom is -0.491 e. The van der Waals surface area contributed by atoms with Gasteiger partial charge in [-0.15, -0.1) is 0 Å². The van der Waals surface area contributed by atoms with E-state index < -0.39 is 5.91 Å². The Morgan fingerprint density at radius 3 is 2.72 bits per heavy atom. The Morgan fingerprint density at radius 2 is 2.02 bits per heavy atom. The molecule has 3 saturated heterocycles. The Kier molecular flexibility index (Phi) is 11.5. The van der Waals surface area contributed by atoms with Crippen LogP contribution in [0.15, 0.2) is 18.2 Å². The number of piperidine rings is 1. The fourth-order valence-corrected chi connectivity index (χ4v) is 6.94. The second kappa shape index (κ2) is 15.7. The second-order valence-corrected chi connectivity index (χ2v) is 12.4. The lowest BCUT2D eigenvalue weighted by Gasteiger charge is -2.47. The average molecular weight is 654 g/mol. The molecule has 0 aliphatic carbocycles. The number of aliphatic hydroxyl groups is 1. The van der Waals surface area contributed by atoms with E-state index in [0.717, 1.165) is 82.8 Å². The van der Waals surface area contributed by atoms with Crippen molar-refractivity contribution in [1.29, 1.82) is 5.26 Å². The number of amides is 2. The number of carbonyl (C=O) groups is 2. The molecule has 0 saturated carbocycles. The molecule has 13 nitrogen and oxygen atoms in total. The van der Waals surface area contributed by atoms with Crippen molar-refractivity contribution in [2.24, 2.45) is 0 Å². The Labute approximate surface area is 275 Å². The lowest BCUT2D eigenvalue weighted by molar-refractivity contribution is -0.128. The number of hydrogen-bond donors (Lipinski definition) is 3. The molecule has 248 valence electrons. The number of nitriles is 1. The number of nitrogen functional groups attached to an aromatic ring is 1. The zero-order chi connectivity index (χ0) is 32.6. The van der Waals surface area contributed by atoms with Gasteiger partial charge in [-0.05, 0) is 50.9 Å². The molecule has 14 heteroatoms. The molecule has 1 aromatic heterocycles. The van der Waals surface area contributed by atoms with Crippen LogP contribution in [0.5, 0.6) is 5.75 Å². The van der Waals surface area contributed by atoms with Gasteiger partial charge in [0.2, 0.25) is 5.91 Å². The summed E-state index contributed by atoms with van der Waals surface area (Å²) in [4.78, 5) is 42.0. The predicted molar refractivity (Wildman–Crippen MR) is 175 cm³/mol. The topological polar surface area (TPSA) is 164 Å². The number of likely N-dealkylation sites (tertiary alicyclic amines) is 2. The van der Waals surface area contributed by atoms with E-state index in [1.54, 1.807) is 0 Å². The third-order valence-electron chi connectivity index (χ3n) is 9.18. The van der Waals surface area contributed by atoms with Gasteiger partial charge in [0.25, 0.3) is 5.91 Å². The Balaban J connectivity index is 1.16. The van der Waals surface area contributed by atoms with Crippen LogP contribution in [0.2, 0.25) is 5.15 Å². The van der Waals surface area contributed by atoms with Gasteiger partial charge in [0.1, 0.15) is 12.4 Å². The van der Waals surface area contributed by atoms with Crippen molar-refractivity contribution in [3.8, 4) is 11.8 Å². The van der Waals surface area contributed by atoms with Crippen LogP contribution in [-0.2, 0) is 11.3 Å². The Hall–Kier alpha value is -3.70. The first-order valence-electron chi connectivity index (χ1n) is 16.2. The van der Waals surface area contributed by atoms with E-state index in [1.165, 1.54) is 0 Å². The smallest absolute Gasteiger partial charge is 0.273 e. The van der Waals surface area contributed by atoms with E-state index in [4.69, 9.17) is 27.2 Å². The van der Waals surface area contributed by atoms with Crippen LogP contribution in [0.4, 0.5) is 11.6 Å². The maximum atomic E-state index is 12.3. The number of ether oxygens (including phenoxy) is 1. The number of nitrogens with two attached hydrogens (primary N) is 1. The zero-order valence-corrected chi connectivity index (χ0v) is 27.2. The third-order valence-corrected chi connectivity index (χ3v) is 9.43. The molecule has 46 heavy (non-hydrogen) atoms. The molecule has 4 N–H and O–H groups in total. The third kappa shape index (κ3) is 7.98. The van der Waals surface area contributed by atoms with Gasteiger partial charge in [-0.2, -0.15) is 5.26 Å². The van der Waals surface area contributed by atoms with Gasteiger partial charge in [0, 0.05) is 63.3 Å². The van der Waals surface area contributed by atoms with Gasteiger partial charge in [-0.25, -0.2) is 9.97 Å². The number of nitrogens with zero attached hydrogens (tertiary/aromatic N) is 7. The summed E-state index contributed by atoms with van der Waals surface area (Å²) in [6.07, 6.45) is 4.57. The van der Waals surface area contributed by atoms with Gasteiger partial charge in [-0.3, -0.25) is 19.4 Å². The summed E-state index contributed by atoms with van der Waals surface area (Å²) in [5.41, 5.74) is 7.67. The summed E-state index contributed by atoms with van der Waals surface area (Å²) in [7, 11) is 0. The number of piperazine rings is 1. The van der Waals surface area contributed by atoms with Crippen LogP contribution in [0, 0.1) is 11.3 Å². The second-order valence-electron chi connectivity index (χ2n) is 12.1. The SMILES string of the molecule is CC[C@H]1CN(c2nc(N)c(C(=O)NCCO)nc2Cl)CCN1C1CCN(Cc2ccc(C#N)cc2OCCN2CCCC2=O)CC1. The van der Waals surface area contributed by atoms with Crippen LogP contribution in [-0.4, -0.2) is 119 Å². The molecule has 3 fully saturated rings. The van der Waals surface area contributed by atoms with Crippen molar-refractivity contribution < 1.29 is 19.4 Å². The van der Waals surface area contributed by atoms with Gasteiger partial charge in [0.05, 0.1) is 24.8 Å². The summed E-state index contributed by atoms with van der Waals surface area (Å²) < 4.78 is 6.13. The predicted octanol–water partition coefficient (Wildman–Crippen LogP) is 1.87. The molecule has 4 heterocycles. The molecule has 3 aliphatic rings. The quantitative estimate of drug-likeness (QED) is 0.306. The van der Waals surface area contributed by atoms with E-state index in [0.29, 0.717) is 43.0 Å². The lowest BCUT2D eigenvalue weighted by atomic mass is 9.97. The Morgan fingerprint density at radius 1 is 1.22 bits per heavy atom. The first kappa shape index (κ1) is 33.7. The van der Waals surface area contributed by atoms with Crippen molar-refractivity contribution in [2.45, 2.75) is 57.7 Å². The maximum absolute atomic E-state index is 12.3. The summed E-state index contributed by atoms with van der Waals surface area (Å²) in [5.74, 6) is 0.875. The maximum Gasteiger partial charge on any atom is 0.273 e. The summed E-state index contributed by atoms with van der Waals surface area (Å²) in [6.45, 7) is 8.81. The molecular formula is C32H44ClN9O4. The van der Waals surface area contributed by atoms with Crippen LogP contribution < -0.4 is 20.7 Å². The summed E-state index contributed by atoms with van der Waals surface area (Å²) >= 11 is 6.50. The largest absolute Gasteiger partial charge is 0.491 e. The van der Waals surface area contributed by atoms with Crippen molar-refractivity contribution in [3.05, 3.63) is 40.2 Å². The van der Waals surface area contributed by atoms with E-state index in [9.17, 15) is 14.9 Å². The zero-order valence-electron chi connectivity index (χ0n) is 26.5. The molecular weight excluding hydrogens is 610 g/mol. The van der Waals surface area contributed by atoms with Gasteiger partial charge >= 0.3 is 0 Å². The molecule has 2 aromatic rings. The number of halogens is 1. The number of aliphatic hydroxyl groups excluding tert-OH is 1. The van der Waals surface area contributed by atoms with Crippen molar-refractivity contribution >= 4 is 35.1 Å². The number of benzene rings is 1. The summed E-state index contributed by atoms with van der Waals surface area (Å²) in [5, 5.41) is 21.1. The molecule has 1 atom stereocenters. The standard InChI is InChI=1S/C32H44ClN9O4/c1-2-24-21-41(31-29(33)37-28(30(35)38-31)32(45)36-9-16-43)13-14-42(24)25-7-11-39(12-8-25)20-23-6-5-22(19-34)18-26(23)46-17-15-40-10-3-4-27(40)44/h5-6,18,24-25,43H,2-4,7-17,20-21H2,1H3,(H2,35,38)(H,36,45)/t24-/m0/s1. The highest BCUT2D eigenvalue weighted by atomic mass is 35.5. The molecule has 0 bridgehead atoms. The fraction of sp³-hybridized carbons (Fsp3) is 0.594. The molecule has 1 aromatic carbocycles. The van der Waals surface area contributed by atoms with Crippen molar-refractivity contribution in [1.82, 2.24) is 30.0 Å². The first-order valence-corrected chi connectivity index (χ1v) is 16.6. The van der Waals surface area contributed by atoms with Crippen LogP contribution >= 0.6 is 11.6 Å². The highest BCUT2D eigenvalue weighted by Gasteiger charge is 2.34. The highest BCUT2D eigenvalue weighted by molar-refractivity contribution is 6.32. The van der Waals surface area contributed by atoms with Crippen molar-refractivity contribution in [2.75, 3.05) is 76.2 Å². The van der Waals surface area contributed by atoms with Gasteiger partial charge < -0.3 is 30.7 Å². The number of nitrogens with one attached hydrogen (secondary N) is 1. The first-order chi connectivity index (χ1) is 22.3. The van der Waals surface area contributed by atoms with Crippen LogP contribution in [0.25, 0.3) is 0 Å². The summed E-state index contributed by atoms with van der Waals surface area (Å²) in [6, 6.07) is 8.61. The molecule has 0 radical (unpaired) electrons. The number of aromatic nitrogens is 2. The normalized spacial score (nSPS) is 19.8. The monoisotopic (exact) mass is 653 g/mol. The number of carbonyl (C=O) groups excluding carboxylic acids is 2. The van der Waals surface area contributed by atoms with Gasteiger partial charge in [0.15, 0.2) is 22.5 Å². The fourth-order valence-electron chi connectivity index (χ4n) is 6.69. The average Bonchev–Trinajstić information content (AvgIpc) is 3.49. The van der Waals surface area contributed by atoms with Crippen LogP contribution in [0.3, 0.4) is 0 Å². The lowest BCUT2D eigenvalue weighted by Crippen LogP contribution is -2.58. The molecule has 3 aliphatic heterocycles. The minimum absolute atomic E-state index is 0.00945. The van der Waals surface area contributed by atoms with E-state index in [2.05, 4.69) is 43.0 Å². The number of rotatable bonds is 12. The van der Waals surface area contributed by atoms with E-state index in [1.807, 2.05) is 23.1 Å². The molecule has 0 unspecified atom stereocenters. The van der Waals surface area contributed by atoms with E-state index in [-0.39, 0.29) is 35.7 Å². The molecule has 5 rings (SSSR count). The molecule has 0 spiro atoms. The number of anilines is 2. The number of hydrogen-bond acceptors (Lipinski definition) is 11. The Bertz CT molecular complexity index is 1430.